The molecule has 94 valence electrons. The molecule has 0 saturated heterocycles. The average molecular weight is 242 g/mol. The number of aliphatic carboxylic acids is 1. The van der Waals surface area contributed by atoms with Gasteiger partial charge in [0, 0.05) is 13.0 Å². The van der Waals surface area contributed by atoms with Crippen molar-refractivity contribution in [2.75, 3.05) is 6.54 Å². The van der Waals surface area contributed by atoms with Crippen LogP contribution in [0.5, 0.6) is 0 Å². The number of nitrogens with one attached hydrogen (secondary N) is 2. The first kappa shape index (κ1) is 14.5. The number of carboxylic acids is 1. The summed E-state index contributed by atoms with van der Waals surface area (Å²) in [6.45, 7) is 1.09. The summed E-state index contributed by atoms with van der Waals surface area (Å²) >= 11 is 0. The zero-order chi connectivity index (χ0) is 12.8. The standard InChI is InChI=1S/C8H13F3N2O3/c1-5(6(14)15)13-7(16)12-4-2-3-8(9,10)11/h5H,2-4H2,1H3,(H,14,15)(H2,12,13,16)/t5-/m1/s1. The van der Waals surface area contributed by atoms with E-state index in [-0.39, 0.29) is 13.0 Å². The van der Waals surface area contributed by atoms with Crippen LogP contribution in [0.3, 0.4) is 0 Å². The highest BCUT2D eigenvalue weighted by Crippen LogP contribution is 2.20. The second-order valence-electron chi connectivity index (χ2n) is 3.18. The molecular formula is C8H13F3N2O3. The van der Waals surface area contributed by atoms with Crippen molar-refractivity contribution in [3.8, 4) is 0 Å². The third-order valence-electron chi connectivity index (χ3n) is 1.64. The molecular weight excluding hydrogens is 229 g/mol. The topological polar surface area (TPSA) is 78.4 Å². The van der Waals surface area contributed by atoms with E-state index in [1.165, 1.54) is 6.92 Å². The fraction of sp³-hybridized carbons (Fsp3) is 0.750. The summed E-state index contributed by atoms with van der Waals surface area (Å²) in [5.74, 6) is -1.22. The van der Waals surface area contributed by atoms with Crippen molar-refractivity contribution < 1.29 is 27.9 Å². The lowest BCUT2D eigenvalue weighted by molar-refractivity contribution is -0.138. The molecule has 0 fully saturated rings. The molecule has 0 radical (unpaired) electrons. The molecule has 0 rings (SSSR count). The molecule has 0 saturated carbocycles. The van der Waals surface area contributed by atoms with Crippen LogP contribution in [-0.2, 0) is 4.79 Å². The summed E-state index contributed by atoms with van der Waals surface area (Å²) in [4.78, 5) is 21.2. The number of hydrogen-bond acceptors (Lipinski definition) is 2. The molecule has 0 aliphatic heterocycles. The second-order valence-corrected chi connectivity index (χ2v) is 3.18. The van der Waals surface area contributed by atoms with Crippen LogP contribution in [0.2, 0.25) is 0 Å². The quantitative estimate of drug-likeness (QED) is 0.632. The zero-order valence-corrected chi connectivity index (χ0v) is 8.60. The average Bonchev–Trinajstić information content (AvgIpc) is 2.10. The van der Waals surface area contributed by atoms with Crippen LogP contribution < -0.4 is 10.6 Å². The van der Waals surface area contributed by atoms with Crippen molar-refractivity contribution in [3.05, 3.63) is 0 Å². The normalized spacial score (nSPS) is 13.0. The summed E-state index contributed by atoms with van der Waals surface area (Å²) in [6.07, 6.45) is -5.47. The van der Waals surface area contributed by atoms with Crippen LogP contribution in [0.4, 0.5) is 18.0 Å². The summed E-state index contributed by atoms with van der Waals surface area (Å²) in [6, 6.07) is -1.88. The van der Waals surface area contributed by atoms with Crippen LogP contribution in [0, 0.1) is 0 Å². The van der Waals surface area contributed by atoms with E-state index in [4.69, 9.17) is 5.11 Å². The number of halogens is 3. The van der Waals surface area contributed by atoms with E-state index in [1.54, 1.807) is 0 Å². The molecule has 0 aromatic rings. The predicted octanol–water partition coefficient (Wildman–Crippen LogP) is 1.10. The lowest BCUT2D eigenvalue weighted by Crippen LogP contribution is -2.44. The van der Waals surface area contributed by atoms with E-state index in [1.807, 2.05) is 5.32 Å². The number of alkyl halides is 3. The number of carboxylic acid groups (broad SMARTS) is 1. The molecule has 0 aliphatic carbocycles. The number of hydrogen-bond donors (Lipinski definition) is 3. The minimum absolute atomic E-state index is 0.155. The van der Waals surface area contributed by atoms with Crippen molar-refractivity contribution in [3.63, 3.8) is 0 Å². The van der Waals surface area contributed by atoms with Crippen LogP contribution in [0.25, 0.3) is 0 Å². The lowest BCUT2D eigenvalue weighted by Gasteiger charge is -2.11. The molecule has 0 spiro atoms. The van der Waals surface area contributed by atoms with Crippen LogP contribution in [-0.4, -0.2) is 35.9 Å². The van der Waals surface area contributed by atoms with Gasteiger partial charge in [0.1, 0.15) is 6.04 Å². The van der Waals surface area contributed by atoms with Gasteiger partial charge in [-0.25, -0.2) is 4.79 Å². The maximum absolute atomic E-state index is 11.7. The van der Waals surface area contributed by atoms with E-state index in [0.717, 1.165) is 0 Å². The Labute approximate surface area is 90.0 Å². The van der Waals surface area contributed by atoms with Gasteiger partial charge in [0.05, 0.1) is 0 Å². The Kier molecular flexibility index (Phi) is 5.62. The Bertz CT molecular complexity index is 255. The van der Waals surface area contributed by atoms with Gasteiger partial charge < -0.3 is 15.7 Å². The number of amides is 2. The van der Waals surface area contributed by atoms with Crippen molar-refractivity contribution in [1.29, 1.82) is 0 Å². The van der Waals surface area contributed by atoms with E-state index < -0.39 is 30.6 Å². The summed E-state index contributed by atoms with van der Waals surface area (Å²) in [5.41, 5.74) is 0. The van der Waals surface area contributed by atoms with Gasteiger partial charge in [-0.3, -0.25) is 4.79 Å². The first-order valence-electron chi connectivity index (χ1n) is 4.56. The van der Waals surface area contributed by atoms with Crippen molar-refractivity contribution in [2.24, 2.45) is 0 Å². The van der Waals surface area contributed by atoms with E-state index in [0.29, 0.717) is 0 Å². The fourth-order valence-corrected chi connectivity index (χ4v) is 0.800. The first-order valence-corrected chi connectivity index (χ1v) is 4.56. The SMILES string of the molecule is C[C@@H](NC(=O)NCCCC(F)(F)F)C(=O)O. The number of carbonyl (C=O) groups is 2. The number of rotatable bonds is 5. The van der Waals surface area contributed by atoms with Crippen LogP contribution in [0.15, 0.2) is 0 Å². The number of urea groups is 1. The van der Waals surface area contributed by atoms with Gasteiger partial charge in [-0.1, -0.05) is 0 Å². The Balaban J connectivity index is 3.63. The third-order valence-corrected chi connectivity index (χ3v) is 1.64. The molecule has 2 amide bonds. The number of carbonyl (C=O) groups excluding carboxylic acids is 1. The molecule has 0 aromatic carbocycles. The molecule has 0 heterocycles. The van der Waals surface area contributed by atoms with E-state index >= 15 is 0 Å². The van der Waals surface area contributed by atoms with E-state index in [9.17, 15) is 22.8 Å². The Morgan fingerprint density at radius 2 is 1.94 bits per heavy atom. The molecule has 3 N–H and O–H groups in total. The molecule has 0 bridgehead atoms. The highest BCUT2D eigenvalue weighted by Gasteiger charge is 2.26. The minimum atomic E-state index is -4.24. The molecule has 5 nitrogen and oxygen atoms in total. The van der Waals surface area contributed by atoms with Crippen molar-refractivity contribution in [1.82, 2.24) is 10.6 Å². The monoisotopic (exact) mass is 242 g/mol. The van der Waals surface area contributed by atoms with Crippen LogP contribution >= 0.6 is 0 Å². The first-order chi connectivity index (χ1) is 7.22. The molecule has 0 aliphatic rings. The molecule has 8 heteroatoms. The van der Waals surface area contributed by atoms with Crippen LogP contribution in [0.1, 0.15) is 19.8 Å². The summed E-state index contributed by atoms with van der Waals surface area (Å²) in [7, 11) is 0. The largest absolute Gasteiger partial charge is 0.480 e. The smallest absolute Gasteiger partial charge is 0.389 e. The van der Waals surface area contributed by atoms with Gasteiger partial charge in [0.15, 0.2) is 0 Å². The van der Waals surface area contributed by atoms with Gasteiger partial charge in [0.2, 0.25) is 0 Å². The Morgan fingerprint density at radius 1 is 1.38 bits per heavy atom. The van der Waals surface area contributed by atoms with Crippen molar-refractivity contribution in [2.45, 2.75) is 32.0 Å². The maximum Gasteiger partial charge on any atom is 0.389 e. The molecule has 16 heavy (non-hydrogen) atoms. The third kappa shape index (κ3) is 7.89. The van der Waals surface area contributed by atoms with Gasteiger partial charge in [-0.15, -0.1) is 0 Å². The van der Waals surface area contributed by atoms with Gasteiger partial charge in [-0.2, -0.15) is 13.2 Å². The molecule has 0 aromatic heterocycles. The van der Waals surface area contributed by atoms with Gasteiger partial charge >= 0.3 is 18.2 Å². The highest BCUT2D eigenvalue weighted by molar-refractivity contribution is 5.82. The summed E-state index contributed by atoms with van der Waals surface area (Å²) in [5, 5.41) is 12.6. The van der Waals surface area contributed by atoms with E-state index in [2.05, 4.69) is 5.32 Å². The summed E-state index contributed by atoms with van der Waals surface area (Å²) < 4.78 is 35.1. The minimum Gasteiger partial charge on any atom is -0.480 e. The Morgan fingerprint density at radius 3 is 2.38 bits per heavy atom. The highest BCUT2D eigenvalue weighted by atomic mass is 19.4. The molecule has 0 unspecified atom stereocenters. The maximum atomic E-state index is 11.7. The Hall–Kier alpha value is -1.47. The lowest BCUT2D eigenvalue weighted by atomic mass is 10.3. The van der Waals surface area contributed by atoms with Gasteiger partial charge in [-0.05, 0) is 13.3 Å². The predicted molar refractivity (Wildman–Crippen MR) is 48.9 cm³/mol. The molecule has 1 atom stereocenters. The van der Waals surface area contributed by atoms with Crippen molar-refractivity contribution >= 4 is 12.0 Å². The second kappa shape index (κ2) is 6.19. The zero-order valence-electron chi connectivity index (χ0n) is 8.60. The fourth-order valence-electron chi connectivity index (χ4n) is 0.800. The van der Waals surface area contributed by atoms with Gasteiger partial charge in [0.25, 0.3) is 0 Å².